The Hall–Kier alpha value is -1.66. The van der Waals surface area contributed by atoms with Crippen LogP contribution in [-0.2, 0) is 4.74 Å². The summed E-state index contributed by atoms with van der Waals surface area (Å²) in [7, 11) is 1.56. The molecule has 1 aromatic rings. The fraction of sp³-hybridized carbons (Fsp3) is 0.500. The maximum atomic E-state index is 10.7. The van der Waals surface area contributed by atoms with Gasteiger partial charge in [-0.1, -0.05) is 0 Å². The Balaban J connectivity index is 3.00. The number of nitro groups is 1. The lowest BCUT2D eigenvalue weighted by molar-refractivity contribution is -0.385. The molecule has 2 atom stereocenters. The molecule has 0 spiro atoms. The van der Waals surface area contributed by atoms with Gasteiger partial charge in [0.05, 0.1) is 17.6 Å². The van der Waals surface area contributed by atoms with Crippen LogP contribution in [0.15, 0.2) is 18.2 Å². The number of benzene rings is 1. The maximum Gasteiger partial charge on any atom is 0.270 e. The van der Waals surface area contributed by atoms with E-state index >= 15 is 0 Å². The highest BCUT2D eigenvalue weighted by Gasteiger charge is 2.16. The summed E-state index contributed by atoms with van der Waals surface area (Å²) in [6, 6.07) is 4.16. The molecule has 0 saturated heterocycles. The quantitative estimate of drug-likeness (QED) is 0.621. The van der Waals surface area contributed by atoms with Crippen molar-refractivity contribution >= 4 is 5.69 Å². The van der Waals surface area contributed by atoms with Crippen molar-refractivity contribution in [1.82, 2.24) is 0 Å². The summed E-state index contributed by atoms with van der Waals surface area (Å²) in [5.41, 5.74) is 0.324. The fourth-order valence-corrected chi connectivity index (χ4v) is 1.57. The van der Waals surface area contributed by atoms with E-state index in [1.165, 1.54) is 25.1 Å². The molecule has 0 heterocycles. The average molecular weight is 255 g/mol. The first-order valence-electron chi connectivity index (χ1n) is 5.57. The van der Waals surface area contributed by atoms with E-state index in [1.54, 1.807) is 7.11 Å². The number of ether oxygens (including phenoxy) is 2. The van der Waals surface area contributed by atoms with Crippen LogP contribution in [0.25, 0.3) is 0 Å². The van der Waals surface area contributed by atoms with Gasteiger partial charge >= 0.3 is 0 Å². The molecule has 1 rings (SSSR count). The second kappa shape index (κ2) is 6.32. The van der Waals surface area contributed by atoms with E-state index in [0.717, 1.165) is 0 Å². The molecule has 100 valence electrons. The Morgan fingerprint density at radius 3 is 2.61 bits per heavy atom. The molecule has 0 aliphatic heterocycles. The molecule has 0 bridgehead atoms. The van der Waals surface area contributed by atoms with E-state index in [1.807, 2.05) is 6.92 Å². The summed E-state index contributed by atoms with van der Waals surface area (Å²) in [6.45, 7) is 3.75. The molecule has 0 aliphatic rings. The summed E-state index contributed by atoms with van der Waals surface area (Å²) >= 11 is 0. The Kier molecular flexibility index (Phi) is 5.06. The largest absolute Gasteiger partial charge is 0.488 e. The Bertz CT molecular complexity index is 419. The molecule has 1 N–H and O–H groups in total. The van der Waals surface area contributed by atoms with Crippen LogP contribution in [0.5, 0.6) is 5.75 Å². The molecule has 6 heteroatoms. The van der Waals surface area contributed by atoms with E-state index in [0.29, 0.717) is 17.9 Å². The standard InChI is InChI=1S/C12H17NO5/c1-8(7-17-3)18-12-5-4-10(13(15)16)6-11(12)9(2)14/h4-6,8-9,14H,7H2,1-3H3/t8?,9-/m0/s1. The van der Waals surface area contributed by atoms with Gasteiger partial charge in [0, 0.05) is 24.8 Å². The van der Waals surface area contributed by atoms with Crippen molar-refractivity contribution in [2.24, 2.45) is 0 Å². The van der Waals surface area contributed by atoms with Crippen LogP contribution in [0.2, 0.25) is 0 Å². The van der Waals surface area contributed by atoms with Gasteiger partial charge in [-0.05, 0) is 19.9 Å². The highest BCUT2D eigenvalue weighted by atomic mass is 16.6. The molecule has 1 unspecified atom stereocenters. The SMILES string of the molecule is COCC(C)Oc1ccc([N+](=O)[O-])cc1[C@H](C)O. The Morgan fingerprint density at radius 2 is 2.11 bits per heavy atom. The first kappa shape index (κ1) is 14.4. The first-order valence-corrected chi connectivity index (χ1v) is 5.57. The number of nitrogens with zero attached hydrogens (tertiary/aromatic N) is 1. The van der Waals surface area contributed by atoms with Gasteiger partial charge in [-0.2, -0.15) is 0 Å². The van der Waals surface area contributed by atoms with Crippen molar-refractivity contribution in [2.75, 3.05) is 13.7 Å². The molecule has 0 fully saturated rings. The molecule has 0 saturated carbocycles. The van der Waals surface area contributed by atoms with Crippen molar-refractivity contribution in [3.05, 3.63) is 33.9 Å². The average Bonchev–Trinajstić information content (AvgIpc) is 2.29. The summed E-state index contributed by atoms with van der Waals surface area (Å²) in [5, 5.41) is 20.3. The summed E-state index contributed by atoms with van der Waals surface area (Å²) in [6.07, 6.45) is -1.04. The normalized spacial score (nSPS) is 14.0. The van der Waals surface area contributed by atoms with E-state index in [2.05, 4.69) is 0 Å². The number of non-ortho nitro benzene ring substituents is 1. The lowest BCUT2D eigenvalue weighted by atomic mass is 10.1. The molecule has 0 radical (unpaired) electrons. The number of rotatable bonds is 6. The van der Waals surface area contributed by atoms with E-state index in [-0.39, 0.29) is 11.8 Å². The highest BCUT2D eigenvalue weighted by Crippen LogP contribution is 2.29. The monoisotopic (exact) mass is 255 g/mol. The van der Waals surface area contributed by atoms with Gasteiger partial charge in [0.25, 0.3) is 5.69 Å². The van der Waals surface area contributed by atoms with Gasteiger partial charge in [-0.3, -0.25) is 10.1 Å². The minimum atomic E-state index is -0.838. The molecule has 0 amide bonds. The summed E-state index contributed by atoms with van der Waals surface area (Å²) < 4.78 is 10.5. The zero-order valence-corrected chi connectivity index (χ0v) is 10.6. The highest BCUT2D eigenvalue weighted by molar-refractivity contribution is 5.44. The maximum absolute atomic E-state index is 10.7. The number of methoxy groups -OCH3 is 1. The van der Waals surface area contributed by atoms with Gasteiger partial charge < -0.3 is 14.6 Å². The molecule has 6 nitrogen and oxygen atoms in total. The van der Waals surface area contributed by atoms with Crippen LogP contribution in [-0.4, -0.2) is 29.9 Å². The molecule has 0 aliphatic carbocycles. The summed E-state index contributed by atoms with van der Waals surface area (Å²) in [5.74, 6) is 0.431. The van der Waals surface area contributed by atoms with Gasteiger partial charge in [-0.25, -0.2) is 0 Å². The van der Waals surface area contributed by atoms with Crippen LogP contribution < -0.4 is 4.74 Å². The van der Waals surface area contributed by atoms with Crippen LogP contribution in [0, 0.1) is 10.1 Å². The van der Waals surface area contributed by atoms with Gasteiger partial charge in [0.1, 0.15) is 11.9 Å². The van der Waals surface area contributed by atoms with Gasteiger partial charge in [0.2, 0.25) is 0 Å². The predicted octanol–water partition coefficient (Wildman–Crippen LogP) is 2.06. The third kappa shape index (κ3) is 3.68. The minimum Gasteiger partial charge on any atom is -0.488 e. The number of hydrogen-bond donors (Lipinski definition) is 1. The van der Waals surface area contributed by atoms with Crippen molar-refractivity contribution in [1.29, 1.82) is 0 Å². The van der Waals surface area contributed by atoms with E-state index in [4.69, 9.17) is 9.47 Å². The van der Waals surface area contributed by atoms with Crippen LogP contribution in [0.3, 0.4) is 0 Å². The van der Waals surface area contributed by atoms with Gasteiger partial charge in [-0.15, -0.1) is 0 Å². The van der Waals surface area contributed by atoms with E-state index in [9.17, 15) is 15.2 Å². The lowest BCUT2D eigenvalue weighted by Crippen LogP contribution is -2.19. The smallest absolute Gasteiger partial charge is 0.270 e. The number of aliphatic hydroxyl groups is 1. The van der Waals surface area contributed by atoms with Crippen molar-refractivity contribution in [3.8, 4) is 5.75 Å². The molecule has 1 aromatic carbocycles. The Morgan fingerprint density at radius 1 is 1.44 bits per heavy atom. The topological polar surface area (TPSA) is 81.8 Å². The van der Waals surface area contributed by atoms with Crippen molar-refractivity contribution in [2.45, 2.75) is 26.1 Å². The van der Waals surface area contributed by atoms with Crippen LogP contribution >= 0.6 is 0 Å². The van der Waals surface area contributed by atoms with Crippen molar-refractivity contribution < 1.29 is 19.5 Å². The second-order valence-corrected chi connectivity index (χ2v) is 4.04. The molecule has 0 aromatic heterocycles. The van der Waals surface area contributed by atoms with Crippen LogP contribution in [0.4, 0.5) is 5.69 Å². The number of aliphatic hydroxyl groups excluding tert-OH is 1. The first-order chi connectivity index (χ1) is 8.45. The lowest BCUT2D eigenvalue weighted by Gasteiger charge is -2.17. The predicted molar refractivity (Wildman–Crippen MR) is 65.7 cm³/mol. The molecule has 18 heavy (non-hydrogen) atoms. The second-order valence-electron chi connectivity index (χ2n) is 4.04. The van der Waals surface area contributed by atoms with Crippen LogP contribution in [0.1, 0.15) is 25.5 Å². The molecular weight excluding hydrogens is 238 g/mol. The van der Waals surface area contributed by atoms with E-state index < -0.39 is 11.0 Å². The molecular formula is C12H17NO5. The van der Waals surface area contributed by atoms with Gasteiger partial charge in [0.15, 0.2) is 0 Å². The zero-order chi connectivity index (χ0) is 13.7. The third-order valence-corrected chi connectivity index (χ3v) is 2.38. The fourth-order valence-electron chi connectivity index (χ4n) is 1.57. The zero-order valence-electron chi connectivity index (χ0n) is 10.6. The number of nitro benzene ring substituents is 1. The minimum absolute atomic E-state index is 0.0716. The third-order valence-electron chi connectivity index (χ3n) is 2.38. The Labute approximate surface area is 105 Å². The number of hydrogen-bond acceptors (Lipinski definition) is 5. The summed E-state index contributed by atoms with van der Waals surface area (Å²) in [4.78, 5) is 10.2. The van der Waals surface area contributed by atoms with Crippen molar-refractivity contribution in [3.63, 3.8) is 0 Å².